The Balaban J connectivity index is 1.59. The van der Waals surface area contributed by atoms with Crippen LogP contribution in [0.25, 0.3) is 11.0 Å². The predicted octanol–water partition coefficient (Wildman–Crippen LogP) is 4.88. The van der Waals surface area contributed by atoms with Crippen LogP contribution in [0.5, 0.6) is 5.75 Å². The summed E-state index contributed by atoms with van der Waals surface area (Å²) in [6.45, 7) is 1.89. The highest BCUT2D eigenvalue weighted by Crippen LogP contribution is 2.50. The topological polar surface area (TPSA) is 73.6 Å². The molecule has 1 aliphatic rings. The van der Waals surface area contributed by atoms with Crippen LogP contribution in [0.4, 0.5) is 13.2 Å². The summed E-state index contributed by atoms with van der Waals surface area (Å²) < 4.78 is 56.1. The molecule has 0 unspecified atom stereocenters. The number of furan rings is 1. The maximum Gasteiger partial charge on any atom is 0.433 e. The maximum absolute atomic E-state index is 13.2. The molecule has 0 radical (unpaired) electrons. The van der Waals surface area contributed by atoms with Gasteiger partial charge in [0.05, 0.1) is 12.1 Å². The van der Waals surface area contributed by atoms with Crippen molar-refractivity contribution in [1.29, 1.82) is 0 Å². The standard InChI is InChI=1S/C23H23F3N2O4/c1-14-20(22(8-9-22)28-19(29)7-11-30-2)17-12-16(5-6-18(17)32-14)31-13-15-4-3-10-27-21(15)23(24,25)26/h3-6,10,12H,7-9,11,13H2,1-2H3,(H,28,29). The van der Waals surface area contributed by atoms with E-state index in [9.17, 15) is 18.0 Å². The van der Waals surface area contributed by atoms with E-state index < -0.39 is 17.4 Å². The van der Waals surface area contributed by atoms with Crippen LogP contribution >= 0.6 is 0 Å². The highest BCUT2D eigenvalue weighted by molar-refractivity contribution is 5.87. The molecule has 0 aliphatic heterocycles. The number of hydrogen-bond acceptors (Lipinski definition) is 5. The SMILES string of the molecule is COCCC(=O)NC1(c2c(C)oc3ccc(OCc4cccnc4C(F)(F)F)cc23)CC1. The fourth-order valence-electron chi connectivity index (χ4n) is 3.94. The van der Waals surface area contributed by atoms with Gasteiger partial charge in [-0.25, -0.2) is 0 Å². The number of fused-ring (bicyclic) bond motifs is 1. The van der Waals surface area contributed by atoms with Gasteiger partial charge in [0.15, 0.2) is 5.69 Å². The van der Waals surface area contributed by atoms with Gasteiger partial charge < -0.3 is 19.2 Å². The summed E-state index contributed by atoms with van der Waals surface area (Å²) >= 11 is 0. The first-order valence-electron chi connectivity index (χ1n) is 10.2. The molecule has 1 amide bonds. The van der Waals surface area contributed by atoms with Gasteiger partial charge in [0, 0.05) is 36.2 Å². The van der Waals surface area contributed by atoms with Crippen molar-refractivity contribution < 1.29 is 31.9 Å². The van der Waals surface area contributed by atoms with Crippen LogP contribution in [0, 0.1) is 6.92 Å². The number of benzene rings is 1. The lowest BCUT2D eigenvalue weighted by atomic mass is 10.0. The molecule has 3 aromatic rings. The highest BCUT2D eigenvalue weighted by Gasteiger charge is 2.48. The Morgan fingerprint density at radius 3 is 2.75 bits per heavy atom. The summed E-state index contributed by atoms with van der Waals surface area (Å²) in [5.41, 5.74) is -0.0175. The predicted molar refractivity (Wildman–Crippen MR) is 110 cm³/mol. The third kappa shape index (κ3) is 4.43. The summed E-state index contributed by atoms with van der Waals surface area (Å²) in [6, 6.07) is 7.90. The number of halogens is 3. The first-order chi connectivity index (χ1) is 15.2. The zero-order valence-electron chi connectivity index (χ0n) is 17.7. The monoisotopic (exact) mass is 448 g/mol. The van der Waals surface area contributed by atoms with Crippen molar-refractivity contribution >= 4 is 16.9 Å². The Morgan fingerprint density at radius 2 is 2.06 bits per heavy atom. The molecule has 4 rings (SSSR count). The van der Waals surface area contributed by atoms with Crippen LogP contribution in [0.3, 0.4) is 0 Å². The first-order valence-corrected chi connectivity index (χ1v) is 10.2. The number of alkyl halides is 3. The number of nitrogens with zero attached hydrogens (tertiary/aromatic N) is 1. The third-order valence-corrected chi connectivity index (χ3v) is 5.53. The Hall–Kier alpha value is -3.07. The van der Waals surface area contributed by atoms with Crippen LogP contribution in [-0.2, 0) is 27.9 Å². The molecule has 0 bridgehead atoms. The Bertz CT molecular complexity index is 1140. The minimum absolute atomic E-state index is 0.0484. The number of amides is 1. The summed E-state index contributed by atoms with van der Waals surface area (Å²) in [7, 11) is 1.54. The van der Waals surface area contributed by atoms with Gasteiger partial charge in [0.1, 0.15) is 23.7 Å². The fraction of sp³-hybridized carbons (Fsp3) is 0.391. The minimum Gasteiger partial charge on any atom is -0.489 e. The van der Waals surface area contributed by atoms with Gasteiger partial charge in [-0.15, -0.1) is 0 Å². The molecule has 1 aliphatic carbocycles. The molecular weight excluding hydrogens is 425 g/mol. The molecule has 2 heterocycles. The van der Waals surface area contributed by atoms with E-state index in [0.717, 1.165) is 30.0 Å². The molecule has 0 spiro atoms. The lowest BCUT2D eigenvalue weighted by molar-refractivity contribution is -0.142. The number of pyridine rings is 1. The van der Waals surface area contributed by atoms with Crippen molar-refractivity contribution in [2.75, 3.05) is 13.7 Å². The molecular formula is C23H23F3N2O4. The number of aryl methyl sites for hydroxylation is 1. The van der Waals surface area contributed by atoms with Gasteiger partial charge in [-0.2, -0.15) is 13.2 Å². The normalized spacial score (nSPS) is 15.0. The number of aromatic nitrogens is 1. The molecule has 0 saturated heterocycles. The van der Waals surface area contributed by atoms with E-state index in [4.69, 9.17) is 13.9 Å². The van der Waals surface area contributed by atoms with Crippen molar-refractivity contribution in [1.82, 2.24) is 10.3 Å². The highest BCUT2D eigenvalue weighted by atomic mass is 19.4. The molecule has 32 heavy (non-hydrogen) atoms. The smallest absolute Gasteiger partial charge is 0.433 e. The first kappa shape index (κ1) is 22.1. The number of nitrogens with one attached hydrogen (secondary N) is 1. The number of methoxy groups -OCH3 is 1. The molecule has 1 aromatic carbocycles. The van der Waals surface area contributed by atoms with E-state index in [0.29, 0.717) is 23.7 Å². The number of rotatable bonds is 8. The number of ether oxygens (including phenoxy) is 2. The van der Waals surface area contributed by atoms with Gasteiger partial charge in [-0.3, -0.25) is 9.78 Å². The quantitative estimate of drug-likeness (QED) is 0.532. The van der Waals surface area contributed by atoms with Gasteiger partial charge in [0.25, 0.3) is 0 Å². The second-order valence-electron chi connectivity index (χ2n) is 7.86. The number of carbonyl (C=O) groups excluding carboxylic acids is 1. The van der Waals surface area contributed by atoms with Gasteiger partial charge >= 0.3 is 6.18 Å². The van der Waals surface area contributed by atoms with E-state index in [1.54, 1.807) is 25.3 Å². The largest absolute Gasteiger partial charge is 0.489 e. The van der Waals surface area contributed by atoms with Crippen LogP contribution in [-0.4, -0.2) is 24.6 Å². The van der Waals surface area contributed by atoms with Crippen LogP contribution in [0.1, 0.15) is 41.8 Å². The van der Waals surface area contributed by atoms with E-state index in [2.05, 4.69) is 10.3 Å². The Morgan fingerprint density at radius 1 is 1.28 bits per heavy atom. The lowest BCUT2D eigenvalue weighted by Crippen LogP contribution is -2.35. The minimum atomic E-state index is -4.56. The van der Waals surface area contributed by atoms with E-state index in [1.807, 2.05) is 6.92 Å². The fourth-order valence-corrected chi connectivity index (χ4v) is 3.94. The van der Waals surface area contributed by atoms with Gasteiger partial charge in [-0.1, -0.05) is 6.07 Å². The molecule has 0 atom stereocenters. The van der Waals surface area contributed by atoms with Crippen LogP contribution in [0.15, 0.2) is 40.9 Å². The average Bonchev–Trinajstić information content (AvgIpc) is 3.43. The average molecular weight is 448 g/mol. The molecule has 1 N–H and O–H groups in total. The molecule has 2 aromatic heterocycles. The van der Waals surface area contributed by atoms with Gasteiger partial charge in [0.2, 0.25) is 5.91 Å². The molecule has 9 heteroatoms. The Kier molecular flexibility index (Phi) is 5.85. The molecule has 1 fully saturated rings. The number of hydrogen-bond donors (Lipinski definition) is 1. The van der Waals surface area contributed by atoms with Crippen molar-refractivity contribution in [2.24, 2.45) is 0 Å². The second-order valence-corrected chi connectivity index (χ2v) is 7.86. The maximum atomic E-state index is 13.2. The molecule has 170 valence electrons. The summed E-state index contributed by atoms with van der Waals surface area (Å²) in [4.78, 5) is 15.7. The summed E-state index contributed by atoms with van der Waals surface area (Å²) in [5.74, 6) is 0.980. The molecule has 1 saturated carbocycles. The Labute approximate surface area is 182 Å². The third-order valence-electron chi connectivity index (χ3n) is 5.53. The molecule has 6 nitrogen and oxygen atoms in total. The van der Waals surface area contributed by atoms with Gasteiger partial charge in [-0.05, 0) is 44.0 Å². The van der Waals surface area contributed by atoms with Crippen LogP contribution in [0.2, 0.25) is 0 Å². The van der Waals surface area contributed by atoms with Crippen molar-refractivity contribution in [3.8, 4) is 5.75 Å². The zero-order valence-corrected chi connectivity index (χ0v) is 17.7. The van der Waals surface area contributed by atoms with Crippen molar-refractivity contribution in [3.63, 3.8) is 0 Å². The van der Waals surface area contributed by atoms with Crippen molar-refractivity contribution in [2.45, 2.75) is 44.5 Å². The van der Waals surface area contributed by atoms with Crippen molar-refractivity contribution in [3.05, 3.63) is 59.1 Å². The lowest BCUT2D eigenvalue weighted by Gasteiger charge is -2.18. The zero-order chi connectivity index (χ0) is 22.9. The second kappa shape index (κ2) is 8.46. The summed E-state index contributed by atoms with van der Waals surface area (Å²) in [6.07, 6.45) is -1.64. The number of carbonyl (C=O) groups is 1. The van der Waals surface area contributed by atoms with E-state index >= 15 is 0 Å². The van der Waals surface area contributed by atoms with Crippen LogP contribution < -0.4 is 10.1 Å². The van der Waals surface area contributed by atoms with E-state index in [-0.39, 0.29) is 24.5 Å². The van der Waals surface area contributed by atoms with E-state index in [1.165, 1.54) is 12.1 Å². The summed E-state index contributed by atoms with van der Waals surface area (Å²) in [5, 5.41) is 3.86.